The molecule has 6 amide bonds. The van der Waals surface area contributed by atoms with Gasteiger partial charge in [-0.15, -0.1) is 0 Å². The van der Waals surface area contributed by atoms with Gasteiger partial charge in [-0.3, -0.25) is 28.8 Å². The lowest BCUT2D eigenvalue weighted by molar-refractivity contribution is -0.170. The Labute approximate surface area is 547 Å². The summed E-state index contributed by atoms with van der Waals surface area (Å²) in [6.45, 7) is 0. The molecule has 1 heterocycles. The van der Waals surface area contributed by atoms with Gasteiger partial charge in [0, 0.05) is 34.5 Å². The van der Waals surface area contributed by atoms with Crippen molar-refractivity contribution in [2.45, 2.75) is 152 Å². The molecule has 13 aliphatic rings. The first-order valence-corrected chi connectivity index (χ1v) is 38.4. The molecule has 12 saturated carbocycles. The lowest BCUT2D eigenvalue weighted by Crippen LogP contribution is -2.63. The Morgan fingerprint density at radius 3 is 0.533 bits per heavy atom. The number of carbonyl (C=O) groups is 12. The van der Waals surface area contributed by atoms with E-state index in [9.17, 15) is 57.5 Å². The number of amides is 6. The van der Waals surface area contributed by atoms with Crippen LogP contribution in [0.3, 0.4) is 0 Å². The van der Waals surface area contributed by atoms with E-state index in [-0.39, 0.29) is 125 Å². The highest BCUT2D eigenvalue weighted by molar-refractivity contribution is 8.77. The summed E-state index contributed by atoms with van der Waals surface area (Å²) in [5.41, 5.74) is -6.04. The van der Waals surface area contributed by atoms with Gasteiger partial charge in [-0.1, -0.05) is 64.8 Å². The van der Waals surface area contributed by atoms with Crippen LogP contribution in [0.2, 0.25) is 0 Å². The fraction of sp³-hybridized carbons (Fsp3) is 0.800. The molecule has 6 N–H and O–H groups in total. The quantitative estimate of drug-likeness (QED) is 0.125. The van der Waals surface area contributed by atoms with E-state index in [1.54, 1.807) is 0 Å². The van der Waals surface area contributed by atoms with Crippen molar-refractivity contribution in [1.82, 2.24) is 31.9 Å². The second kappa shape index (κ2) is 28.0. The summed E-state index contributed by atoms with van der Waals surface area (Å²) in [6.07, 6.45) is 9.05. The topological polar surface area (TPSA) is 332 Å². The molecule has 24 nitrogen and oxygen atoms in total. The lowest BCUT2D eigenvalue weighted by atomic mass is 9.43. The van der Waals surface area contributed by atoms with Crippen LogP contribution in [0.25, 0.3) is 0 Å². The standard InChI is InChI=1S/C60H84N6O18S6/c1-79-43(67)37-22-85-86-23-38(44(68)80-2)62-51(75)57-14-33-8-34(15-57)17-58(16-33,29-57)52(76)64-41(47(71)83-5)26-89-90-27-42(48(72)84-6)66-54(78)60-20-35-9-36(21-60)19-59(18-35,30-60)53(77)65-40(46(70)82-4)25-88-87-24-39(45(69)81-3)63-50(74)56-12-31-7-32(13-56)11-55(10-31,28-56)49(73)61-37/h31-42H,7-30H2,1-6H3,(H,61,73)(H,62,75)(H,63,74)(H,64,76)(H,65,77)(H,66,78)/t31?,32?,33?,34?,35?,36?,37-,38-,39-,40-,41-,42-,55?,56?,57?,58?,59?,60?/m1/s1. The molecule has 13 fully saturated rings. The Hall–Kier alpha value is -4.26. The summed E-state index contributed by atoms with van der Waals surface area (Å²) in [5, 5.41) is 17.8. The van der Waals surface area contributed by atoms with Crippen LogP contribution in [0.4, 0.5) is 0 Å². The molecule has 6 atom stereocenters. The van der Waals surface area contributed by atoms with E-state index >= 15 is 0 Å². The molecule has 90 heavy (non-hydrogen) atoms. The van der Waals surface area contributed by atoms with Gasteiger partial charge in [0.05, 0.1) is 75.1 Å². The van der Waals surface area contributed by atoms with E-state index in [0.29, 0.717) is 77.0 Å². The highest BCUT2D eigenvalue weighted by atomic mass is 33.1. The van der Waals surface area contributed by atoms with Crippen LogP contribution in [0.1, 0.15) is 116 Å². The minimum atomic E-state index is -1.12. The normalized spacial score (nSPS) is 40.9. The third kappa shape index (κ3) is 13.9. The molecule has 0 aromatic rings. The maximum absolute atomic E-state index is 14.8. The number of hydrogen-bond acceptors (Lipinski definition) is 24. The van der Waals surface area contributed by atoms with Crippen molar-refractivity contribution in [3.63, 3.8) is 0 Å². The average molecular weight is 1370 g/mol. The van der Waals surface area contributed by atoms with E-state index in [1.807, 2.05) is 0 Å². The highest BCUT2D eigenvalue weighted by Gasteiger charge is 2.67. The molecule has 12 bridgehead atoms. The number of carbonyl (C=O) groups excluding carboxylic acids is 12. The largest absolute Gasteiger partial charge is 0.467 e. The van der Waals surface area contributed by atoms with E-state index in [0.717, 1.165) is 19.3 Å². The third-order valence-electron chi connectivity index (χ3n) is 21.5. The van der Waals surface area contributed by atoms with Crippen LogP contribution in [-0.2, 0) is 86.0 Å². The molecule has 1 saturated heterocycles. The molecule has 0 aromatic heterocycles. The summed E-state index contributed by atoms with van der Waals surface area (Å²) in [7, 11) is 14.5. The van der Waals surface area contributed by atoms with Crippen molar-refractivity contribution in [3.05, 3.63) is 0 Å². The zero-order valence-electron chi connectivity index (χ0n) is 51.7. The van der Waals surface area contributed by atoms with E-state index in [2.05, 4.69) is 31.9 Å². The number of hydrogen-bond donors (Lipinski definition) is 6. The van der Waals surface area contributed by atoms with E-state index in [4.69, 9.17) is 28.4 Å². The lowest BCUT2D eigenvalue weighted by Gasteiger charge is -2.60. The van der Waals surface area contributed by atoms with Crippen LogP contribution < -0.4 is 31.9 Å². The first-order chi connectivity index (χ1) is 42.9. The SMILES string of the molecule is COC(=O)[C@H]1CSSC[C@H](C(=O)OC)NC(=O)C23CC4CC(C2)CC(C4)(C3)C(=O)N[C@@H](C(=O)OC)CSSC[C@H](C(=O)OC)NC(=O)C23CC4CC(CC(C4)(C2)C(=O)N[C@@H](C(=O)OC)CSSC[C@H](C(=O)OC)NC(=O)C24CC5CC(CC(C5)(C2)C(=O)N1)C4)C3. The van der Waals surface area contributed by atoms with Crippen molar-refractivity contribution in [2.75, 3.05) is 77.2 Å². The monoisotopic (exact) mass is 1370 g/mol. The molecule has 30 heteroatoms. The number of esters is 6. The van der Waals surface area contributed by atoms with Crippen LogP contribution in [0.15, 0.2) is 0 Å². The summed E-state index contributed by atoms with van der Waals surface area (Å²) < 4.78 is 31.0. The number of methoxy groups -OCH3 is 6. The zero-order valence-corrected chi connectivity index (χ0v) is 56.6. The average Bonchev–Trinajstić information content (AvgIpc) is 0.732. The minimum Gasteiger partial charge on any atom is -0.467 e. The molecule has 13 rings (SSSR count). The molecule has 0 aromatic carbocycles. The Kier molecular flexibility index (Phi) is 21.3. The molecular formula is C60H84N6O18S6. The van der Waals surface area contributed by atoms with Crippen LogP contribution in [0, 0.1) is 68.0 Å². The van der Waals surface area contributed by atoms with Gasteiger partial charge in [0.1, 0.15) is 36.3 Å². The molecular weight excluding hydrogens is 1290 g/mol. The molecule has 12 aliphatic carbocycles. The van der Waals surface area contributed by atoms with Crippen molar-refractivity contribution in [1.29, 1.82) is 0 Å². The van der Waals surface area contributed by atoms with E-state index < -0.39 is 105 Å². The van der Waals surface area contributed by atoms with Gasteiger partial charge in [-0.25, -0.2) is 28.8 Å². The van der Waals surface area contributed by atoms with Crippen molar-refractivity contribution in [3.8, 4) is 0 Å². The minimum absolute atomic E-state index is 0.0183. The van der Waals surface area contributed by atoms with Crippen LogP contribution >= 0.6 is 64.8 Å². The number of rotatable bonds is 6. The summed E-state index contributed by atoms with van der Waals surface area (Å²) >= 11 is 0. The van der Waals surface area contributed by atoms with Gasteiger partial charge in [-0.05, 0) is 151 Å². The number of ether oxygens (including phenoxy) is 6. The summed E-state index contributed by atoms with van der Waals surface area (Å²) in [4.78, 5) is 169. The van der Waals surface area contributed by atoms with Crippen molar-refractivity contribution in [2.24, 2.45) is 68.0 Å². The van der Waals surface area contributed by atoms with Gasteiger partial charge in [0.2, 0.25) is 35.4 Å². The molecule has 0 radical (unpaired) electrons. The van der Waals surface area contributed by atoms with Crippen molar-refractivity contribution < 1.29 is 86.0 Å². The first kappa shape index (κ1) is 68.6. The third-order valence-corrected chi connectivity index (χ3v) is 28.7. The summed E-state index contributed by atoms with van der Waals surface area (Å²) in [6, 6.07) is -6.74. The highest BCUT2D eigenvalue weighted by Crippen LogP contribution is 2.68. The van der Waals surface area contributed by atoms with Crippen LogP contribution in [0.5, 0.6) is 0 Å². The smallest absolute Gasteiger partial charge is 0.329 e. The number of nitrogens with one attached hydrogen (secondary N) is 6. The van der Waals surface area contributed by atoms with Gasteiger partial charge >= 0.3 is 35.8 Å². The second-order valence-corrected chi connectivity index (χ2v) is 35.2. The summed E-state index contributed by atoms with van der Waals surface area (Å²) in [5.74, 6) is -6.25. The second-order valence-electron chi connectivity index (χ2n) is 27.6. The van der Waals surface area contributed by atoms with Crippen molar-refractivity contribution >= 4 is 136 Å². The molecule has 6 spiro atoms. The van der Waals surface area contributed by atoms with Gasteiger partial charge in [-0.2, -0.15) is 0 Å². The zero-order chi connectivity index (χ0) is 64.6. The van der Waals surface area contributed by atoms with E-state index in [1.165, 1.54) is 107 Å². The Balaban J connectivity index is 0.896. The first-order valence-electron chi connectivity index (χ1n) is 31.0. The predicted octanol–water partition coefficient (Wildman–Crippen LogP) is 3.85. The fourth-order valence-electron chi connectivity index (χ4n) is 18.8. The molecule has 0 unspecified atom stereocenters. The van der Waals surface area contributed by atoms with Gasteiger partial charge < -0.3 is 60.3 Å². The Morgan fingerprint density at radius 2 is 0.411 bits per heavy atom. The molecule has 498 valence electrons. The predicted molar refractivity (Wildman–Crippen MR) is 337 cm³/mol. The Morgan fingerprint density at radius 1 is 0.278 bits per heavy atom. The van der Waals surface area contributed by atoms with Gasteiger partial charge in [0.25, 0.3) is 0 Å². The van der Waals surface area contributed by atoms with Gasteiger partial charge in [0.15, 0.2) is 0 Å². The maximum atomic E-state index is 14.8. The maximum Gasteiger partial charge on any atom is 0.329 e. The Bertz CT molecular complexity index is 2360. The molecule has 1 aliphatic heterocycles. The fourth-order valence-corrected chi connectivity index (χ4v) is 25.7. The van der Waals surface area contributed by atoms with Crippen LogP contribution in [-0.4, -0.2) is 185 Å².